The molecule has 1 aromatic heterocycles. The van der Waals surface area contributed by atoms with E-state index in [1.54, 1.807) is 0 Å². The van der Waals surface area contributed by atoms with Gasteiger partial charge in [-0.25, -0.2) is 0 Å². The van der Waals surface area contributed by atoms with Gasteiger partial charge in [0.15, 0.2) is 0 Å². The van der Waals surface area contributed by atoms with Crippen molar-refractivity contribution in [2.45, 2.75) is 51.6 Å². The van der Waals surface area contributed by atoms with Crippen LogP contribution in [0.25, 0.3) is 22.6 Å². The fourth-order valence-corrected chi connectivity index (χ4v) is 4.93. The summed E-state index contributed by atoms with van der Waals surface area (Å²) in [6.07, 6.45) is 7.76. The quantitative estimate of drug-likeness (QED) is 0.598. The Balaban J connectivity index is 1.51. The molecule has 0 atom stereocenters. The normalized spacial score (nSPS) is 17.7. The van der Waals surface area contributed by atoms with E-state index in [2.05, 4.69) is 21.3 Å². The number of aromatic nitrogens is 1. The van der Waals surface area contributed by atoms with E-state index in [0.717, 1.165) is 46.3 Å². The average molecular weight is 414 g/mol. The molecule has 3 aromatic rings. The standard InChI is InChI=1S/C26H27N3O2/c1-17-21(15-22-19-11-5-7-13-23(19)28-26(22)31)20-12-6-8-14-24(20)29(17)16-25(30)27-18-9-3-2-4-10-18/h5-8,11-15,18H,2-4,9-10,16H2,1H3,(H,27,30)(H,28,31). The minimum Gasteiger partial charge on any atom is -0.352 e. The first-order valence-electron chi connectivity index (χ1n) is 11.1. The van der Waals surface area contributed by atoms with Gasteiger partial charge in [-0.3, -0.25) is 9.59 Å². The van der Waals surface area contributed by atoms with Crippen LogP contribution in [0.3, 0.4) is 0 Å². The van der Waals surface area contributed by atoms with Gasteiger partial charge in [0.1, 0.15) is 6.54 Å². The van der Waals surface area contributed by atoms with Crippen molar-refractivity contribution < 1.29 is 9.59 Å². The molecule has 2 heterocycles. The van der Waals surface area contributed by atoms with E-state index in [1.165, 1.54) is 19.3 Å². The van der Waals surface area contributed by atoms with Crippen molar-refractivity contribution in [3.63, 3.8) is 0 Å². The number of carbonyl (C=O) groups is 2. The lowest BCUT2D eigenvalue weighted by molar-refractivity contribution is -0.122. The van der Waals surface area contributed by atoms with E-state index in [4.69, 9.17) is 0 Å². The van der Waals surface area contributed by atoms with Crippen LogP contribution in [-0.4, -0.2) is 22.4 Å². The van der Waals surface area contributed by atoms with Gasteiger partial charge in [-0.15, -0.1) is 0 Å². The minimum absolute atomic E-state index is 0.0545. The number of carbonyl (C=O) groups excluding carboxylic acids is 2. The lowest BCUT2D eigenvalue weighted by atomic mass is 9.95. The Bertz CT molecular complexity index is 1200. The molecule has 1 aliphatic carbocycles. The lowest BCUT2D eigenvalue weighted by Crippen LogP contribution is -2.38. The van der Waals surface area contributed by atoms with Crippen LogP contribution in [-0.2, 0) is 16.1 Å². The molecule has 0 saturated heterocycles. The monoisotopic (exact) mass is 413 g/mol. The lowest BCUT2D eigenvalue weighted by Gasteiger charge is -2.23. The molecule has 31 heavy (non-hydrogen) atoms. The van der Waals surface area contributed by atoms with E-state index < -0.39 is 0 Å². The topological polar surface area (TPSA) is 63.1 Å². The maximum Gasteiger partial charge on any atom is 0.256 e. The molecule has 5 heteroatoms. The van der Waals surface area contributed by atoms with Crippen LogP contribution in [0.1, 0.15) is 48.9 Å². The third kappa shape index (κ3) is 3.65. The maximum atomic E-state index is 12.8. The molecular weight excluding hydrogens is 386 g/mol. The Morgan fingerprint density at radius 1 is 1.10 bits per heavy atom. The molecule has 5 nitrogen and oxygen atoms in total. The van der Waals surface area contributed by atoms with Gasteiger partial charge in [0.2, 0.25) is 5.91 Å². The molecule has 1 fully saturated rings. The second-order valence-electron chi connectivity index (χ2n) is 8.56. The van der Waals surface area contributed by atoms with Crippen molar-refractivity contribution in [2.24, 2.45) is 0 Å². The number of hydrogen-bond acceptors (Lipinski definition) is 2. The average Bonchev–Trinajstić information content (AvgIpc) is 3.24. The number of benzene rings is 2. The molecule has 1 aliphatic heterocycles. The van der Waals surface area contributed by atoms with Crippen molar-refractivity contribution in [3.05, 3.63) is 65.4 Å². The van der Waals surface area contributed by atoms with E-state index in [1.807, 2.05) is 55.5 Å². The fraction of sp³-hybridized carbons (Fsp3) is 0.308. The van der Waals surface area contributed by atoms with Crippen LogP contribution in [0.15, 0.2) is 48.5 Å². The number of para-hydroxylation sites is 2. The van der Waals surface area contributed by atoms with E-state index >= 15 is 0 Å². The van der Waals surface area contributed by atoms with Crippen LogP contribution in [0.2, 0.25) is 0 Å². The van der Waals surface area contributed by atoms with E-state index in [9.17, 15) is 9.59 Å². The first-order valence-corrected chi connectivity index (χ1v) is 11.1. The van der Waals surface area contributed by atoms with Crippen molar-refractivity contribution >= 4 is 40.1 Å². The summed E-state index contributed by atoms with van der Waals surface area (Å²) >= 11 is 0. The first-order chi connectivity index (χ1) is 15.1. The molecule has 0 bridgehead atoms. The highest BCUT2D eigenvalue weighted by atomic mass is 16.2. The van der Waals surface area contributed by atoms with Gasteiger partial charge < -0.3 is 15.2 Å². The van der Waals surface area contributed by atoms with Crippen LogP contribution in [0.5, 0.6) is 0 Å². The van der Waals surface area contributed by atoms with Crippen molar-refractivity contribution in [1.82, 2.24) is 9.88 Å². The van der Waals surface area contributed by atoms with Crippen LogP contribution in [0, 0.1) is 6.92 Å². The van der Waals surface area contributed by atoms with Crippen molar-refractivity contribution in [2.75, 3.05) is 5.32 Å². The number of hydrogen-bond donors (Lipinski definition) is 2. The van der Waals surface area contributed by atoms with Gasteiger partial charge in [0.25, 0.3) is 5.91 Å². The highest BCUT2D eigenvalue weighted by Crippen LogP contribution is 2.35. The summed E-state index contributed by atoms with van der Waals surface area (Å²) in [6.45, 7) is 2.31. The smallest absolute Gasteiger partial charge is 0.256 e. The zero-order valence-electron chi connectivity index (χ0n) is 17.8. The Hall–Kier alpha value is -3.34. The van der Waals surface area contributed by atoms with Gasteiger partial charge in [0, 0.05) is 45.0 Å². The molecule has 0 unspecified atom stereocenters. The van der Waals surface area contributed by atoms with Crippen molar-refractivity contribution in [3.8, 4) is 0 Å². The Labute approximate surface area is 182 Å². The van der Waals surface area contributed by atoms with Gasteiger partial charge in [-0.05, 0) is 38.0 Å². The van der Waals surface area contributed by atoms with Gasteiger partial charge in [-0.2, -0.15) is 0 Å². The largest absolute Gasteiger partial charge is 0.352 e. The highest BCUT2D eigenvalue weighted by molar-refractivity contribution is 6.35. The summed E-state index contributed by atoms with van der Waals surface area (Å²) in [7, 11) is 0. The van der Waals surface area contributed by atoms with Gasteiger partial charge >= 0.3 is 0 Å². The Morgan fingerprint density at radius 2 is 1.84 bits per heavy atom. The maximum absolute atomic E-state index is 12.8. The predicted molar refractivity (Wildman–Crippen MR) is 125 cm³/mol. The number of fused-ring (bicyclic) bond motifs is 2. The van der Waals surface area contributed by atoms with E-state index in [0.29, 0.717) is 11.6 Å². The molecular formula is C26H27N3O2. The number of nitrogens with one attached hydrogen (secondary N) is 2. The molecule has 0 radical (unpaired) electrons. The summed E-state index contributed by atoms with van der Waals surface area (Å²) in [5.74, 6) is -0.0358. The predicted octanol–water partition coefficient (Wildman–Crippen LogP) is 4.89. The fourth-order valence-electron chi connectivity index (χ4n) is 4.93. The molecule has 2 aromatic carbocycles. The molecule has 2 aliphatic rings. The summed E-state index contributed by atoms with van der Waals surface area (Å²) < 4.78 is 2.07. The Morgan fingerprint density at radius 3 is 2.68 bits per heavy atom. The minimum atomic E-state index is -0.0903. The second kappa shape index (κ2) is 8.06. The zero-order valence-corrected chi connectivity index (χ0v) is 17.8. The van der Waals surface area contributed by atoms with Crippen LogP contribution in [0.4, 0.5) is 5.69 Å². The SMILES string of the molecule is Cc1c(C=C2C(=O)Nc3ccccc32)c2ccccc2n1CC(=O)NC1CCCCC1. The third-order valence-corrected chi connectivity index (χ3v) is 6.55. The van der Waals surface area contributed by atoms with E-state index in [-0.39, 0.29) is 18.4 Å². The van der Waals surface area contributed by atoms with Crippen LogP contribution >= 0.6 is 0 Å². The summed E-state index contributed by atoms with van der Waals surface area (Å²) in [4.78, 5) is 25.5. The number of amides is 2. The summed E-state index contributed by atoms with van der Waals surface area (Å²) in [5.41, 5.74) is 5.41. The molecule has 0 spiro atoms. The zero-order chi connectivity index (χ0) is 21.4. The molecule has 158 valence electrons. The molecule has 1 saturated carbocycles. The Kier molecular flexibility index (Phi) is 5.10. The number of rotatable bonds is 4. The molecule has 5 rings (SSSR count). The summed E-state index contributed by atoms with van der Waals surface area (Å²) in [6, 6.07) is 16.1. The first kappa shape index (κ1) is 19.6. The van der Waals surface area contributed by atoms with Gasteiger partial charge in [0.05, 0.1) is 0 Å². The molecule has 2 N–H and O–H groups in total. The number of nitrogens with zero attached hydrogens (tertiary/aromatic N) is 1. The van der Waals surface area contributed by atoms with Crippen LogP contribution < -0.4 is 10.6 Å². The highest BCUT2D eigenvalue weighted by Gasteiger charge is 2.25. The second-order valence-corrected chi connectivity index (χ2v) is 8.56. The molecule has 2 amide bonds. The third-order valence-electron chi connectivity index (χ3n) is 6.55. The van der Waals surface area contributed by atoms with Crippen molar-refractivity contribution in [1.29, 1.82) is 0 Å². The summed E-state index contributed by atoms with van der Waals surface area (Å²) in [5, 5.41) is 7.22. The number of anilines is 1. The van der Waals surface area contributed by atoms with Gasteiger partial charge in [-0.1, -0.05) is 55.7 Å².